The highest BCUT2D eigenvalue weighted by Gasteiger charge is 2.12. The zero-order chi connectivity index (χ0) is 18.2. The van der Waals surface area contributed by atoms with Crippen molar-refractivity contribution in [3.05, 3.63) is 90.5 Å². The Balaban J connectivity index is 1.51. The fraction of sp³-hybridized carbons (Fsp3) is 0.136. The van der Waals surface area contributed by atoms with Crippen molar-refractivity contribution in [2.45, 2.75) is 19.6 Å². The smallest absolute Gasteiger partial charge is 0.246 e. The SMILES string of the molecule is C[C@@H](Nc1ccccc1)C(=O)Nc1ccc(OCc2ccccc2)cc1. The number of nitrogens with one attached hydrogen (secondary N) is 2. The standard InChI is InChI=1S/C22H22N2O2/c1-17(23-19-10-6-3-7-11-19)22(25)24-20-12-14-21(15-13-20)26-16-18-8-4-2-5-9-18/h2-15,17,23H,16H2,1H3,(H,24,25)/t17-/m1/s1. The zero-order valence-electron chi connectivity index (χ0n) is 14.7. The minimum absolute atomic E-state index is 0.0909. The number of hydrogen-bond donors (Lipinski definition) is 2. The molecule has 0 saturated carbocycles. The largest absolute Gasteiger partial charge is 0.489 e. The van der Waals surface area contributed by atoms with Gasteiger partial charge in [-0.1, -0.05) is 48.5 Å². The first-order valence-corrected chi connectivity index (χ1v) is 8.60. The number of para-hydroxylation sites is 1. The van der Waals surface area contributed by atoms with Crippen molar-refractivity contribution in [3.8, 4) is 5.75 Å². The molecule has 0 bridgehead atoms. The molecule has 1 atom stereocenters. The van der Waals surface area contributed by atoms with Crippen LogP contribution in [-0.4, -0.2) is 11.9 Å². The van der Waals surface area contributed by atoms with E-state index in [1.807, 2.05) is 91.9 Å². The van der Waals surface area contributed by atoms with Gasteiger partial charge < -0.3 is 15.4 Å². The van der Waals surface area contributed by atoms with Crippen LogP contribution in [0.3, 0.4) is 0 Å². The van der Waals surface area contributed by atoms with Crippen molar-refractivity contribution >= 4 is 17.3 Å². The van der Waals surface area contributed by atoms with Crippen molar-refractivity contribution in [2.24, 2.45) is 0 Å². The van der Waals surface area contributed by atoms with Crippen LogP contribution in [0, 0.1) is 0 Å². The molecule has 132 valence electrons. The Morgan fingerprint density at radius 2 is 1.46 bits per heavy atom. The highest BCUT2D eigenvalue weighted by Crippen LogP contribution is 2.17. The van der Waals surface area contributed by atoms with Gasteiger partial charge >= 0.3 is 0 Å². The van der Waals surface area contributed by atoms with Gasteiger partial charge in [0.1, 0.15) is 18.4 Å². The average Bonchev–Trinajstić information content (AvgIpc) is 2.69. The van der Waals surface area contributed by atoms with Gasteiger partial charge in [-0.2, -0.15) is 0 Å². The summed E-state index contributed by atoms with van der Waals surface area (Å²) in [6.07, 6.45) is 0. The van der Waals surface area contributed by atoms with Crippen molar-refractivity contribution < 1.29 is 9.53 Å². The lowest BCUT2D eigenvalue weighted by molar-refractivity contribution is -0.116. The van der Waals surface area contributed by atoms with Gasteiger partial charge in [0.25, 0.3) is 0 Å². The third-order valence-electron chi connectivity index (χ3n) is 3.92. The van der Waals surface area contributed by atoms with Gasteiger partial charge in [-0.25, -0.2) is 0 Å². The maximum Gasteiger partial charge on any atom is 0.246 e. The van der Waals surface area contributed by atoms with E-state index in [0.717, 1.165) is 22.7 Å². The molecule has 0 spiro atoms. The summed E-state index contributed by atoms with van der Waals surface area (Å²) < 4.78 is 5.75. The summed E-state index contributed by atoms with van der Waals surface area (Å²) in [4.78, 5) is 12.3. The molecular formula is C22H22N2O2. The van der Waals surface area contributed by atoms with Crippen LogP contribution in [0.25, 0.3) is 0 Å². The maximum absolute atomic E-state index is 12.3. The molecule has 3 aromatic carbocycles. The van der Waals surface area contributed by atoms with Crippen LogP contribution < -0.4 is 15.4 Å². The molecule has 1 amide bonds. The molecule has 0 radical (unpaired) electrons. The molecule has 4 heteroatoms. The molecule has 26 heavy (non-hydrogen) atoms. The van der Waals surface area contributed by atoms with Crippen molar-refractivity contribution in [1.29, 1.82) is 0 Å². The number of benzene rings is 3. The molecule has 2 N–H and O–H groups in total. The lowest BCUT2D eigenvalue weighted by atomic mass is 10.2. The number of anilines is 2. The van der Waals surface area contributed by atoms with Crippen LogP contribution >= 0.6 is 0 Å². The molecule has 0 saturated heterocycles. The molecule has 3 rings (SSSR count). The van der Waals surface area contributed by atoms with Gasteiger partial charge in [0.05, 0.1) is 0 Å². The normalized spacial score (nSPS) is 11.4. The van der Waals surface area contributed by atoms with Gasteiger partial charge in [0, 0.05) is 11.4 Å². The summed E-state index contributed by atoms with van der Waals surface area (Å²) in [6, 6.07) is 26.7. The number of rotatable bonds is 7. The van der Waals surface area contributed by atoms with E-state index in [1.165, 1.54) is 0 Å². The summed E-state index contributed by atoms with van der Waals surface area (Å²) in [5.41, 5.74) is 2.77. The van der Waals surface area contributed by atoms with Crippen LogP contribution in [0.4, 0.5) is 11.4 Å². The number of amides is 1. The number of ether oxygens (including phenoxy) is 1. The fourth-order valence-electron chi connectivity index (χ4n) is 2.48. The summed E-state index contributed by atoms with van der Waals surface area (Å²) in [5.74, 6) is 0.675. The second-order valence-corrected chi connectivity index (χ2v) is 6.02. The Hall–Kier alpha value is -3.27. The van der Waals surface area contributed by atoms with Crippen LogP contribution in [0.1, 0.15) is 12.5 Å². The molecule has 0 aromatic heterocycles. The summed E-state index contributed by atoms with van der Waals surface area (Å²) in [5, 5.41) is 6.08. The second-order valence-electron chi connectivity index (χ2n) is 6.02. The molecule has 0 unspecified atom stereocenters. The zero-order valence-corrected chi connectivity index (χ0v) is 14.7. The van der Waals surface area contributed by atoms with E-state index in [1.54, 1.807) is 0 Å². The van der Waals surface area contributed by atoms with E-state index in [9.17, 15) is 4.79 Å². The third kappa shape index (κ3) is 5.11. The fourth-order valence-corrected chi connectivity index (χ4v) is 2.48. The number of hydrogen-bond acceptors (Lipinski definition) is 3. The Morgan fingerprint density at radius 3 is 2.12 bits per heavy atom. The van der Waals surface area contributed by atoms with E-state index in [0.29, 0.717) is 6.61 Å². The summed E-state index contributed by atoms with van der Waals surface area (Å²) in [7, 11) is 0. The van der Waals surface area contributed by atoms with Gasteiger partial charge in [0.15, 0.2) is 0 Å². The minimum Gasteiger partial charge on any atom is -0.489 e. The van der Waals surface area contributed by atoms with Gasteiger partial charge in [-0.15, -0.1) is 0 Å². The molecule has 0 heterocycles. The van der Waals surface area contributed by atoms with Crippen molar-refractivity contribution in [1.82, 2.24) is 0 Å². The molecule has 0 aliphatic carbocycles. The van der Waals surface area contributed by atoms with Crippen LogP contribution in [0.15, 0.2) is 84.9 Å². The van der Waals surface area contributed by atoms with Crippen LogP contribution in [0.2, 0.25) is 0 Å². The Kier molecular flexibility index (Phi) is 5.88. The van der Waals surface area contributed by atoms with Crippen molar-refractivity contribution in [3.63, 3.8) is 0 Å². The topological polar surface area (TPSA) is 50.4 Å². The van der Waals surface area contributed by atoms with E-state index in [2.05, 4.69) is 10.6 Å². The first kappa shape index (κ1) is 17.5. The first-order chi connectivity index (χ1) is 12.7. The predicted octanol–water partition coefficient (Wildman–Crippen LogP) is 4.70. The first-order valence-electron chi connectivity index (χ1n) is 8.60. The maximum atomic E-state index is 12.3. The second kappa shape index (κ2) is 8.72. The molecule has 0 fully saturated rings. The van der Waals surface area contributed by atoms with Crippen LogP contribution in [0.5, 0.6) is 5.75 Å². The van der Waals surface area contributed by atoms with Crippen LogP contribution in [-0.2, 0) is 11.4 Å². The van der Waals surface area contributed by atoms with E-state index in [4.69, 9.17) is 4.74 Å². The van der Waals surface area contributed by atoms with E-state index < -0.39 is 0 Å². The summed E-state index contributed by atoms with van der Waals surface area (Å²) >= 11 is 0. The molecular weight excluding hydrogens is 324 g/mol. The Labute approximate surface area is 153 Å². The minimum atomic E-state index is -0.341. The summed E-state index contributed by atoms with van der Waals surface area (Å²) in [6.45, 7) is 2.35. The molecule has 3 aromatic rings. The highest BCUT2D eigenvalue weighted by molar-refractivity contribution is 5.96. The average molecular weight is 346 g/mol. The molecule has 0 aliphatic heterocycles. The number of carbonyl (C=O) groups is 1. The third-order valence-corrected chi connectivity index (χ3v) is 3.92. The molecule has 0 aliphatic rings. The van der Waals surface area contributed by atoms with Gasteiger partial charge in [-0.05, 0) is 48.9 Å². The quantitative estimate of drug-likeness (QED) is 0.652. The van der Waals surface area contributed by atoms with E-state index >= 15 is 0 Å². The highest BCUT2D eigenvalue weighted by atomic mass is 16.5. The Morgan fingerprint density at radius 1 is 0.846 bits per heavy atom. The number of carbonyl (C=O) groups excluding carboxylic acids is 1. The van der Waals surface area contributed by atoms with Crippen molar-refractivity contribution in [2.75, 3.05) is 10.6 Å². The lowest BCUT2D eigenvalue weighted by Gasteiger charge is -2.15. The predicted molar refractivity (Wildman–Crippen MR) is 105 cm³/mol. The Bertz CT molecular complexity index is 818. The lowest BCUT2D eigenvalue weighted by Crippen LogP contribution is -2.31. The van der Waals surface area contributed by atoms with Gasteiger partial charge in [-0.3, -0.25) is 4.79 Å². The van der Waals surface area contributed by atoms with Gasteiger partial charge in [0.2, 0.25) is 5.91 Å². The molecule has 4 nitrogen and oxygen atoms in total. The van der Waals surface area contributed by atoms with E-state index in [-0.39, 0.29) is 11.9 Å². The monoisotopic (exact) mass is 346 g/mol.